The Labute approximate surface area is 182 Å². The van der Waals surface area contributed by atoms with Crippen LogP contribution in [0.4, 0.5) is 5.69 Å². The zero-order valence-corrected chi connectivity index (χ0v) is 18.9. The van der Waals surface area contributed by atoms with E-state index in [9.17, 15) is 4.79 Å². The third-order valence-corrected chi connectivity index (χ3v) is 5.80. The van der Waals surface area contributed by atoms with E-state index >= 15 is 0 Å². The van der Waals surface area contributed by atoms with Gasteiger partial charge >= 0.3 is 0 Å². The number of amides is 1. The van der Waals surface area contributed by atoms with E-state index in [0.29, 0.717) is 0 Å². The highest BCUT2D eigenvalue weighted by Crippen LogP contribution is 2.26. The van der Waals surface area contributed by atoms with Gasteiger partial charge in [0.2, 0.25) is 5.91 Å². The summed E-state index contributed by atoms with van der Waals surface area (Å²) in [7, 11) is 4.13. The Morgan fingerprint density at radius 3 is 2.50 bits per heavy atom. The number of nitrogens with one attached hydrogen (secondary N) is 1. The number of aryl methyl sites for hydroxylation is 1. The summed E-state index contributed by atoms with van der Waals surface area (Å²) in [5.41, 5.74) is 4.29. The molecule has 30 heavy (non-hydrogen) atoms. The first-order valence-corrected chi connectivity index (χ1v) is 11.1. The Morgan fingerprint density at radius 1 is 1.10 bits per heavy atom. The van der Waals surface area contributed by atoms with Gasteiger partial charge in [0.15, 0.2) is 11.0 Å². The van der Waals surface area contributed by atoms with Crippen LogP contribution in [0.25, 0.3) is 11.4 Å². The molecule has 0 radical (unpaired) electrons. The lowest BCUT2D eigenvalue weighted by molar-refractivity contribution is -0.113. The molecule has 0 unspecified atom stereocenters. The molecule has 7 heteroatoms. The van der Waals surface area contributed by atoms with Gasteiger partial charge in [0.05, 0.1) is 5.75 Å². The van der Waals surface area contributed by atoms with Gasteiger partial charge in [0, 0.05) is 24.3 Å². The molecule has 3 aromatic rings. The summed E-state index contributed by atoms with van der Waals surface area (Å²) < 4.78 is 2.06. The summed E-state index contributed by atoms with van der Waals surface area (Å²) in [6, 6.07) is 16.2. The van der Waals surface area contributed by atoms with Crippen LogP contribution in [-0.4, -0.2) is 52.0 Å². The molecule has 1 heterocycles. The molecule has 0 spiro atoms. The lowest BCUT2D eigenvalue weighted by Gasteiger charge is -2.10. The monoisotopic (exact) mass is 423 g/mol. The smallest absolute Gasteiger partial charge is 0.234 e. The average molecular weight is 424 g/mol. The van der Waals surface area contributed by atoms with Gasteiger partial charge in [-0.2, -0.15) is 0 Å². The second-order valence-electron chi connectivity index (χ2n) is 7.45. The van der Waals surface area contributed by atoms with Crippen LogP contribution in [0.15, 0.2) is 53.7 Å². The van der Waals surface area contributed by atoms with Crippen molar-refractivity contribution in [2.45, 2.75) is 32.0 Å². The predicted octanol–water partition coefficient (Wildman–Crippen LogP) is 4.11. The maximum absolute atomic E-state index is 12.4. The molecule has 0 atom stereocenters. The van der Waals surface area contributed by atoms with E-state index in [1.54, 1.807) is 0 Å². The lowest BCUT2D eigenvalue weighted by Crippen LogP contribution is -2.16. The Kier molecular flexibility index (Phi) is 7.65. The number of thioether (sulfide) groups is 1. The molecular weight excluding hydrogens is 394 g/mol. The number of hydrogen-bond acceptors (Lipinski definition) is 5. The fourth-order valence-electron chi connectivity index (χ4n) is 3.14. The van der Waals surface area contributed by atoms with Crippen LogP contribution in [0.2, 0.25) is 0 Å². The number of carbonyl (C=O) groups excluding carboxylic acids is 1. The Balaban J connectivity index is 1.59. The van der Waals surface area contributed by atoms with Gasteiger partial charge in [-0.3, -0.25) is 4.79 Å². The number of benzene rings is 2. The number of likely N-dealkylation sites (N-methyl/N-ethyl adjacent to an activating group) is 1. The molecule has 0 aliphatic rings. The van der Waals surface area contributed by atoms with Crippen molar-refractivity contribution in [2.24, 2.45) is 0 Å². The predicted molar refractivity (Wildman–Crippen MR) is 124 cm³/mol. The molecule has 0 fully saturated rings. The van der Waals surface area contributed by atoms with E-state index in [2.05, 4.69) is 77.2 Å². The Bertz CT molecular complexity index is 982. The minimum Gasteiger partial charge on any atom is -0.325 e. The lowest BCUT2D eigenvalue weighted by atomic mass is 10.1. The second kappa shape index (κ2) is 10.4. The molecule has 0 aliphatic carbocycles. The van der Waals surface area contributed by atoms with Gasteiger partial charge in [-0.15, -0.1) is 10.2 Å². The van der Waals surface area contributed by atoms with Crippen molar-refractivity contribution in [3.8, 4) is 11.4 Å². The number of rotatable bonds is 9. The van der Waals surface area contributed by atoms with Crippen LogP contribution in [0.1, 0.15) is 18.1 Å². The van der Waals surface area contributed by atoms with Crippen LogP contribution in [-0.2, 0) is 17.8 Å². The standard InChI is InChI=1S/C23H29N5OS/c1-5-28-22(20-9-7-6-8-17(20)2)25-26-23(28)30-16-21(29)24-19-12-10-18(11-13-19)14-15-27(3)4/h6-13H,5,14-16H2,1-4H3,(H,24,29). The summed E-state index contributed by atoms with van der Waals surface area (Å²) in [5.74, 6) is 1.07. The first kappa shape index (κ1) is 22.1. The van der Waals surface area contributed by atoms with E-state index in [4.69, 9.17) is 0 Å². The van der Waals surface area contributed by atoms with Crippen LogP contribution in [0.3, 0.4) is 0 Å². The largest absolute Gasteiger partial charge is 0.325 e. The van der Waals surface area contributed by atoms with Gasteiger partial charge in [0.25, 0.3) is 0 Å². The van der Waals surface area contributed by atoms with Gasteiger partial charge in [-0.05, 0) is 57.6 Å². The SMILES string of the molecule is CCn1c(SCC(=O)Nc2ccc(CCN(C)C)cc2)nnc1-c1ccccc1C. The summed E-state index contributed by atoms with van der Waals surface area (Å²) in [4.78, 5) is 14.6. The third kappa shape index (κ3) is 5.70. The fourth-order valence-corrected chi connectivity index (χ4v) is 3.94. The summed E-state index contributed by atoms with van der Waals surface area (Å²) in [5, 5.41) is 12.4. The van der Waals surface area contributed by atoms with Crippen LogP contribution < -0.4 is 5.32 Å². The van der Waals surface area contributed by atoms with Crippen LogP contribution in [0.5, 0.6) is 0 Å². The van der Waals surface area contributed by atoms with Gasteiger partial charge in [-0.1, -0.05) is 48.2 Å². The van der Waals surface area contributed by atoms with Crippen molar-refractivity contribution in [3.63, 3.8) is 0 Å². The number of nitrogens with zero attached hydrogens (tertiary/aromatic N) is 4. The molecule has 6 nitrogen and oxygen atoms in total. The van der Waals surface area contributed by atoms with Crippen molar-refractivity contribution in [2.75, 3.05) is 31.7 Å². The Morgan fingerprint density at radius 2 is 1.83 bits per heavy atom. The molecule has 1 amide bonds. The van der Waals surface area contributed by atoms with Crippen molar-refractivity contribution in [1.29, 1.82) is 0 Å². The molecule has 2 aromatic carbocycles. The van der Waals surface area contributed by atoms with Crippen molar-refractivity contribution < 1.29 is 4.79 Å². The fraction of sp³-hybridized carbons (Fsp3) is 0.348. The molecule has 0 bridgehead atoms. The Hall–Kier alpha value is -2.64. The highest BCUT2D eigenvalue weighted by Gasteiger charge is 2.15. The van der Waals surface area contributed by atoms with Crippen molar-refractivity contribution >= 4 is 23.4 Å². The molecule has 0 saturated heterocycles. The highest BCUT2D eigenvalue weighted by atomic mass is 32.2. The second-order valence-corrected chi connectivity index (χ2v) is 8.39. The minimum absolute atomic E-state index is 0.0517. The summed E-state index contributed by atoms with van der Waals surface area (Å²) in [6.07, 6.45) is 0.993. The van der Waals surface area contributed by atoms with Gasteiger partial charge in [0.1, 0.15) is 0 Å². The summed E-state index contributed by atoms with van der Waals surface area (Å²) in [6.45, 7) is 5.88. The highest BCUT2D eigenvalue weighted by molar-refractivity contribution is 7.99. The van der Waals surface area contributed by atoms with E-state index in [1.165, 1.54) is 17.3 Å². The number of carbonyl (C=O) groups is 1. The van der Waals surface area contributed by atoms with Gasteiger partial charge in [-0.25, -0.2) is 0 Å². The van der Waals surface area contributed by atoms with Crippen LogP contribution >= 0.6 is 11.8 Å². The molecule has 3 rings (SSSR count). The number of hydrogen-bond donors (Lipinski definition) is 1. The third-order valence-electron chi connectivity index (χ3n) is 4.84. The average Bonchev–Trinajstić information content (AvgIpc) is 3.14. The van der Waals surface area contributed by atoms with Gasteiger partial charge < -0.3 is 14.8 Å². The first-order valence-electron chi connectivity index (χ1n) is 10.1. The van der Waals surface area contributed by atoms with Crippen molar-refractivity contribution in [1.82, 2.24) is 19.7 Å². The summed E-state index contributed by atoms with van der Waals surface area (Å²) >= 11 is 1.41. The van der Waals surface area contributed by atoms with E-state index in [1.807, 2.05) is 24.3 Å². The maximum Gasteiger partial charge on any atom is 0.234 e. The van der Waals surface area contributed by atoms with E-state index in [-0.39, 0.29) is 11.7 Å². The van der Waals surface area contributed by atoms with E-state index in [0.717, 1.165) is 47.3 Å². The molecule has 158 valence electrons. The molecule has 0 aliphatic heterocycles. The number of aromatic nitrogens is 3. The topological polar surface area (TPSA) is 63.1 Å². The molecule has 1 N–H and O–H groups in total. The molecule has 0 saturated carbocycles. The minimum atomic E-state index is -0.0517. The van der Waals surface area contributed by atoms with Crippen LogP contribution in [0, 0.1) is 6.92 Å². The zero-order chi connectivity index (χ0) is 21.5. The van der Waals surface area contributed by atoms with E-state index < -0.39 is 0 Å². The molecule has 1 aromatic heterocycles. The number of anilines is 1. The quantitative estimate of drug-likeness (QED) is 0.525. The zero-order valence-electron chi connectivity index (χ0n) is 18.1. The maximum atomic E-state index is 12.4. The normalized spacial score (nSPS) is 11.1. The van der Waals surface area contributed by atoms with Crippen molar-refractivity contribution in [3.05, 3.63) is 59.7 Å². The first-order chi connectivity index (χ1) is 14.5. The molecular formula is C23H29N5OS.